The fourth-order valence-electron chi connectivity index (χ4n) is 3.75. The summed E-state index contributed by atoms with van der Waals surface area (Å²) in [5.41, 5.74) is 3.95. The summed E-state index contributed by atoms with van der Waals surface area (Å²) in [7, 11) is 0. The van der Waals surface area contributed by atoms with Crippen molar-refractivity contribution in [3.05, 3.63) is 100 Å². The molecule has 0 spiro atoms. The molecule has 0 fully saturated rings. The van der Waals surface area contributed by atoms with Crippen LogP contribution in [0.1, 0.15) is 23.6 Å². The lowest BCUT2D eigenvalue weighted by Crippen LogP contribution is -2.20. The zero-order valence-electron chi connectivity index (χ0n) is 20.0. The topological polar surface area (TPSA) is 71.3 Å². The third-order valence-corrected chi connectivity index (χ3v) is 6.10. The first-order valence-corrected chi connectivity index (χ1v) is 12.3. The van der Waals surface area contributed by atoms with Gasteiger partial charge in [0, 0.05) is 5.69 Å². The van der Waals surface area contributed by atoms with Crippen molar-refractivity contribution in [1.82, 2.24) is 0 Å². The van der Waals surface area contributed by atoms with Crippen LogP contribution >= 0.6 is 15.9 Å². The minimum Gasteiger partial charge on any atom is -0.490 e. The Kier molecular flexibility index (Phi) is 8.04. The fraction of sp³-hybridized carbons (Fsp3) is 0.133. The number of allylic oxidation sites excluding steroid dienone is 1. The van der Waals surface area contributed by atoms with E-state index in [0.29, 0.717) is 33.8 Å². The van der Waals surface area contributed by atoms with E-state index < -0.39 is 0 Å². The number of anilines is 1. The molecule has 0 bridgehead atoms. The highest BCUT2D eigenvalue weighted by Crippen LogP contribution is 2.38. The number of nitrogens with zero attached hydrogens (tertiary/aromatic N) is 1. The SMILES string of the molecule is CCOc1cc(/C=C(/C#N)c2ccc3ccccc3c2)cc(Br)c1OCC(=O)Nc1ccc(C)cc1. The first-order valence-electron chi connectivity index (χ1n) is 11.5. The minimum absolute atomic E-state index is 0.178. The molecule has 6 heteroatoms. The van der Waals surface area contributed by atoms with E-state index in [-0.39, 0.29) is 12.5 Å². The van der Waals surface area contributed by atoms with Gasteiger partial charge in [-0.2, -0.15) is 5.26 Å². The van der Waals surface area contributed by atoms with Gasteiger partial charge in [0.25, 0.3) is 5.91 Å². The quantitative estimate of drug-likeness (QED) is 0.187. The molecule has 0 atom stereocenters. The van der Waals surface area contributed by atoms with Crippen LogP contribution in [-0.4, -0.2) is 19.1 Å². The lowest BCUT2D eigenvalue weighted by molar-refractivity contribution is -0.118. The molecule has 5 nitrogen and oxygen atoms in total. The van der Waals surface area contributed by atoms with Crippen LogP contribution in [0.5, 0.6) is 11.5 Å². The molecule has 4 aromatic carbocycles. The van der Waals surface area contributed by atoms with Crippen LogP contribution in [0.2, 0.25) is 0 Å². The molecule has 1 N–H and O–H groups in total. The average molecular weight is 541 g/mol. The van der Waals surface area contributed by atoms with Crippen molar-refractivity contribution >= 4 is 49.9 Å². The molecular weight excluding hydrogens is 516 g/mol. The van der Waals surface area contributed by atoms with E-state index >= 15 is 0 Å². The predicted octanol–water partition coefficient (Wildman–Crippen LogP) is 7.39. The van der Waals surface area contributed by atoms with Gasteiger partial charge >= 0.3 is 0 Å². The molecule has 0 radical (unpaired) electrons. The van der Waals surface area contributed by atoms with E-state index in [1.165, 1.54) is 0 Å². The summed E-state index contributed by atoms with van der Waals surface area (Å²) in [5.74, 6) is 0.634. The van der Waals surface area contributed by atoms with Crippen molar-refractivity contribution in [3.63, 3.8) is 0 Å². The molecule has 1 amide bonds. The van der Waals surface area contributed by atoms with Crippen LogP contribution < -0.4 is 14.8 Å². The molecule has 4 aromatic rings. The number of halogens is 1. The molecule has 4 rings (SSSR count). The van der Waals surface area contributed by atoms with Gasteiger partial charge in [0.05, 0.1) is 22.7 Å². The van der Waals surface area contributed by atoms with Crippen molar-refractivity contribution in [2.24, 2.45) is 0 Å². The molecule has 0 aromatic heterocycles. The van der Waals surface area contributed by atoms with Crippen LogP contribution in [0.3, 0.4) is 0 Å². The normalized spacial score (nSPS) is 11.1. The Morgan fingerprint density at radius 1 is 1.00 bits per heavy atom. The summed E-state index contributed by atoms with van der Waals surface area (Å²) in [4.78, 5) is 12.4. The first kappa shape index (κ1) is 25.0. The number of ether oxygens (including phenoxy) is 2. The van der Waals surface area contributed by atoms with Crippen LogP contribution in [0.25, 0.3) is 22.4 Å². The number of fused-ring (bicyclic) bond motifs is 1. The highest BCUT2D eigenvalue weighted by molar-refractivity contribution is 9.10. The number of nitriles is 1. The Morgan fingerprint density at radius 3 is 2.47 bits per heavy atom. The Labute approximate surface area is 219 Å². The minimum atomic E-state index is -0.278. The first-order chi connectivity index (χ1) is 17.5. The maximum absolute atomic E-state index is 12.4. The molecule has 0 aliphatic heterocycles. The maximum Gasteiger partial charge on any atom is 0.262 e. The third kappa shape index (κ3) is 6.12. The second-order valence-corrected chi connectivity index (χ2v) is 9.05. The summed E-state index contributed by atoms with van der Waals surface area (Å²) < 4.78 is 12.3. The summed E-state index contributed by atoms with van der Waals surface area (Å²) in [6.45, 7) is 4.10. The lowest BCUT2D eigenvalue weighted by atomic mass is 10.00. The van der Waals surface area contributed by atoms with Crippen molar-refractivity contribution in [2.45, 2.75) is 13.8 Å². The smallest absolute Gasteiger partial charge is 0.262 e. The second kappa shape index (κ2) is 11.6. The number of hydrogen-bond donors (Lipinski definition) is 1. The van der Waals surface area contributed by atoms with Crippen LogP contribution in [0, 0.1) is 18.3 Å². The van der Waals surface area contributed by atoms with E-state index in [1.54, 1.807) is 6.07 Å². The van der Waals surface area contributed by atoms with Gasteiger partial charge in [-0.25, -0.2) is 0 Å². The Hall–Kier alpha value is -4.08. The predicted molar refractivity (Wildman–Crippen MR) is 148 cm³/mol. The monoisotopic (exact) mass is 540 g/mol. The van der Waals surface area contributed by atoms with Gasteiger partial charge in [-0.1, -0.05) is 54.1 Å². The summed E-state index contributed by atoms with van der Waals surface area (Å²) in [5, 5.41) is 14.9. The Bertz CT molecular complexity index is 1470. The van der Waals surface area contributed by atoms with E-state index in [0.717, 1.165) is 27.5 Å². The number of carbonyl (C=O) groups is 1. The number of hydrogen-bond acceptors (Lipinski definition) is 4. The lowest BCUT2D eigenvalue weighted by Gasteiger charge is -2.15. The largest absolute Gasteiger partial charge is 0.490 e. The van der Waals surface area contributed by atoms with Gasteiger partial charge in [-0.15, -0.1) is 0 Å². The van der Waals surface area contributed by atoms with Gasteiger partial charge in [0.2, 0.25) is 0 Å². The Balaban J connectivity index is 1.56. The number of amides is 1. The van der Waals surface area contributed by atoms with Gasteiger partial charge in [0.15, 0.2) is 18.1 Å². The van der Waals surface area contributed by atoms with Crippen LogP contribution in [-0.2, 0) is 4.79 Å². The molecular formula is C30H25BrN2O3. The van der Waals surface area contributed by atoms with E-state index in [2.05, 4.69) is 27.3 Å². The Morgan fingerprint density at radius 2 is 1.75 bits per heavy atom. The van der Waals surface area contributed by atoms with Crippen molar-refractivity contribution < 1.29 is 14.3 Å². The van der Waals surface area contributed by atoms with Gasteiger partial charge in [-0.3, -0.25) is 4.79 Å². The van der Waals surface area contributed by atoms with E-state index in [4.69, 9.17) is 9.47 Å². The fourth-order valence-corrected chi connectivity index (χ4v) is 4.32. The molecule has 0 aliphatic rings. The summed E-state index contributed by atoms with van der Waals surface area (Å²) in [6, 6.07) is 27.5. The van der Waals surface area contributed by atoms with Crippen LogP contribution in [0.15, 0.2) is 83.3 Å². The highest BCUT2D eigenvalue weighted by Gasteiger charge is 2.15. The summed E-state index contributed by atoms with van der Waals surface area (Å²) >= 11 is 3.54. The zero-order chi connectivity index (χ0) is 25.5. The zero-order valence-corrected chi connectivity index (χ0v) is 21.6. The highest BCUT2D eigenvalue weighted by atomic mass is 79.9. The van der Waals surface area contributed by atoms with Crippen LogP contribution in [0.4, 0.5) is 5.69 Å². The molecule has 0 saturated heterocycles. The standard InChI is InChI=1S/C30H25BrN2O3/c1-3-35-28-16-21(14-25(18-32)24-11-10-22-6-4-5-7-23(22)17-24)15-27(31)30(28)36-19-29(34)33-26-12-8-20(2)9-13-26/h4-17H,3,19H2,1-2H3,(H,33,34)/b25-14-. The molecule has 36 heavy (non-hydrogen) atoms. The third-order valence-electron chi connectivity index (χ3n) is 5.51. The number of carbonyl (C=O) groups excluding carboxylic acids is 1. The van der Waals surface area contributed by atoms with Gasteiger partial charge in [-0.05, 0) is 88.1 Å². The number of benzene rings is 4. The van der Waals surface area contributed by atoms with Crippen molar-refractivity contribution in [1.29, 1.82) is 5.26 Å². The molecule has 180 valence electrons. The van der Waals surface area contributed by atoms with Crippen molar-refractivity contribution in [3.8, 4) is 17.6 Å². The molecule has 0 heterocycles. The second-order valence-electron chi connectivity index (χ2n) is 8.20. The molecule has 0 aliphatic carbocycles. The number of aryl methyl sites for hydroxylation is 1. The van der Waals surface area contributed by atoms with E-state index in [9.17, 15) is 10.1 Å². The molecule has 0 unspecified atom stereocenters. The van der Waals surface area contributed by atoms with Gasteiger partial charge < -0.3 is 14.8 Å². The number of rotatable bonds is 8. The maximum atomic E-state index is 12.4. The summed E-state index contributed by atoms with van der Waals surface area (Å²) in [6.07, 6.45) is 1.81. The number of nitrogens with one attached hydrogen (secondary N) is 1. The van der Waals surface area contributed by atoms with Crippen molar-refractivity contribution in [2.75, 3.05) is 18.5 Å². The average Bonchev–Trinajstić information content (AvgIpc) is 2.88. The van der Waals surface area contributed by atoms with E-state index in [1.807, 2.05) is 92.7 Å². The molecule has 0 saturated carbocycles. The van der Waals surface area contributed by atoms with Gasteiger partial charge in [0.1, 0.15) is 0 Å².